The lowest BCUT2D eigenvalue weighted by atomic mass is 10.3. The maximum atomic E-state index is 12.5. The molecule has 0 saturated heterocycles. The number of amides is 1. The van der Waals surface area contributed by atoms with Gasteiger partial charge in [-0.05, 0) is 48.0 Å². The number of nitrogens with one attached hydrogen (secondary N) is 1. The average Bonchev–Trinajstić information content (AvgIpc) is 3.25. The number of carbonyl (C=O) groups is 1. The minimum absolute atomic E-state index is 0.182. The number of anilines is 1. The fourth-order valence-corrected chi connectivity index (χ4v) is 3.48. The number of thioether (sulfide) groups is 1. The molecule has 2 aromatic heterocycles. The van der Waals surface area contributed by atoms with Crippen molar-refractivity contribution >= 4 is 23.4 Å². The molecule has 0 fully saturated rings. The summed E-state index contributed by atoms with van der Waals surface area (Å²) in [7, 11) is 0. The molecule has 0 aliphatic carbocycles. The van der Waals surface area contributed by atoms with Gasteiger partial charge in [0.05, 0.1) is 17.4 Å². The third-order valence-electron chi connectivity index (χ3n) is 4.11. The Morgan fingerprint density at radius 3 is 2.54 bits per heavy atom. The number of rotatable bonds is 6. The summed E-state index contributed by atoms with van der Waals surface area (Å²) in [5.74, 6) is 0.677. The molecule has 28 heavy (non-hydrogen) atoms. The van der Waals surface area contributed by atoms with E-state index in [2.05, 4.69) is 21.5 Å². The lowest BCUT2D eigenvalue weighted by Crippen LogP contribution is -2.10. The van der Waals surface area contributed by atoms with Crippen molar-refractivity contribution < 1.29 is 4.79 Å². The van der Waals surface area contributed by atoms with E-state index in [1.807, 2.05) is 66.9 Å². The van der Waals surface area contributed by atoms with Crippen LogP contribution in [0, 0.1) is 0 Å². The van der Waals surface area contributed by atoms with Crippen molar-refractivity contribution in [3.63, 3.8) is 0 Å². The molecule has 138 valence electrons. The number of hydrogen-bond acceptors (Lipinski definition) is 4. The monoisotopic (exact) mass is 386 g/mol. The van der Waals surface area contributed by atoms with Gasteiger partial charge in [0.15, 0.2) is 0 Å². The summed E-state index contributed by atoms with van der Waals surface area (Å²) in [4.78, 5) is 17.7. The zero-order valence-corrected chi connectivity index (χ0v) is 15.8. The Balaban J connectivity index is 1.36. The molecule has 1 amide bonds. The van der Waals surface area contributed by atoms with E-state index in [9.17, 15) is 4.79 Å². The number of para-hydroxylation sites is 1. The molecule has 0 aliphatic rings. The highest BCUT2D eigenvalue weighted by Crippen LogP contribution is 2.24. The van der Waals surface area contributed by atoms with Gasteiger partial charge in [-0.2, -0.15) is 5.10 Å². The zero-order chi connectivity index (χ0) is 19.2. The first-order valence-electron chi connectivity index (χ1n) is 8.81. The van der Waals surface area contributed by atoms with Crippen molar-refractivity contribution in [2.75, 3.05) is 5.32 Å². The third kappa shape index (κ3) is 4.47. The highest BCUT2D eigenvalue weighted by Gasteiger charge is 2.10. The number of pyridine rings is 1. The molecule has 5 nitrogen and oxygen atoms in total. The van der Waals surface area contributed by atoms with Gasteiger partial charge >= 0.3 is 0 Å². The minimum Gasteiger partial charge on any atom is -0.322 e. The molecule has 0 aliphatic heterocycles. The van der Waals surface area contributed by atoms with Crippen LogP contribution in [0.4, 0.5) is 5.69 Å². The standard InChI is InChI=1S/C22H18N4OS/c27-22(18-14-24-26(15-18)20-6-2-1-3-7-20)25-19-8-10-21(11-9-19)28-16-17-5-4-12-23-13-17/h1-15H,16H2,(H,25,27). The maximum Gasteiger partial charge on any atom is 0.258 e. The Kier molecular flexibility index (Phi) is 5.49. The van der Waals surface area contributed by atoms with Gasteiger partial charge in [0.2, 0.25) is 0 Å². The molecule has 0 spiro atoms. The van der Waals surface area contributed by atoms with Crippen molar-refractivity contribution in [1.82, 2.24) is 14.8 Å². The van der Waals surface area contributed by atoms with E-state index < -0.39 is 0 Å². The van der Waals surface area contributed by atoms with Gasteiger partial charge in [-0.1, -0.05) is 24.3 Å². The number of hydrogen-bond donors (Lipinski definition) is 1. The van der Waals surface area contributed by atoms with E-state index in [-0.39, 0.29) is 5.91 Å². The molecule has 2 heterocycles. The van der Waals surface area contributed by atoms with Crippen LogP contribution >= 0.6 is 11.8 Å². The summed E-state index contributed by atoms with van der Waals surface area (Å²) < 4.78 is 1.69. The largest absolute Gasteiger partial charge is 0.322 e. The molecule has 0 radical (unpaired) electrons. The molecule has 1 N–H and O–H groups in total. The van der Waals surface area contributed by atoms with Crippen LogP contribution in [0.3, 0.4) is 0 Å². The molecule has 4 aromatic rings. The van der Waals surface area contributed by atoms with Crippen LogP contribution in [-0.2, 0) is 5.75 Å². The maximum absolute atomic E-state index is 12.5. The van der Waals surface area contributed by atoms with E-state index in [1.165, 1.54) is 5.56 Å². The second kappa shape index (κ2) is 8.54. The van der Waals surface area contributed by atoms with Crippen LogP contribution in [0.15, 0.2) is 96.4 Å². The summed E-state index contributed by atoms with van der Waals surface area (Å²) in [5, 5.41) is 7.18. The van der Waals surface area contributed by atoms with Crippen molar-refractivity contribution in [2.24, 2.45) is 0 Å². The Morgan fingerprint density at radius 1 is 0.964 bits per heavy atom. The highest BCUT2D eigenvalue weighted by atomic mass is 32.2. The molecule has 0 bridgehead atoms. The molecule has 6 heteroatoms. The molecule has 0 atom stereocenters. The normalized spacial score (nSPS) is 10.6. The fourth-order valence-electron chi connectivity index (χ4n) is 2.65. The van der Waals surface area contributed by atoms with Crippen molar-refractivity contribution in [1.29, 1.82) is 0 Å². The van der Waals surface area contributed by atoms with Crippen molar-refractivity contribution in [3.8, 4) is 5.69 Å². The summed E-state index contributed by atoms with van der Waals surface area (Å²) in [6.07, 6.45) is 6.94. The number of carbonyl (C=O) groups excluding carboxylic acids is 1. The lowest BCUT2D eigenvalue weighted by Gasteiger charge is -2.06. The topological polar surface area (TPSA) is 59.8 Å². The number of aromatic nitrogens is 3. The van der Waals surface area contributed by atoms with Gasteiger partial charge in [0.1, 0.15) is 0 Å². The molecule has 0 unspecified atom stereocenters. The summed E-state index contributed by atoms with van der Waals surface area (Å²) >= 11 is 1.73. The first-order chi connectivity index (χ1) is 13.8. The predicted molar refractivity (Wildman–Crippen MR) is 112 cm³/mol. The summed E-state index contributed by atoms with van der Waals surface area (Å²) in [5.41, 5.74) is 3.36. The second-order valence-electron chi connectivity index (χ2n) is 6.14. The Hall–Kier alpha value is -3.38. The summed E-state index contributed by atoms with van der Waals surface area (Å²) in [6, 6.07) is 21.5. The number of benzene rings is 2. The molecular formula is C22H18N4OS. The second-order valence-corrected chi connectivity index (χ2v) is 7.19. The van der Waals surface area contributed by atoms with E-state index in [1.54, 1.807) is 35.0 Å². The number of nitrogens with zero attached hydrogens (tertiary/aromatic N) is 3. The van der Waals surface area contributed by atoms with Gasteiger partial charge in [-0.3, -0.25) is 9.78 Å². The molecule has 4 rings (SSSR count). The SMILES string of the molecule is O=C(Nc1ccc(SCc2cccnc2)cc1)c1cnn(-c2ccccc2)c1. The van der Waals surface area contributed by atoms with Crippen LogP contribution in [0.25, 0.3) is 5.69 Å². The first kappa shape index (κ1) is 18.0. The first-order valence-corrected chi connectivity index (χ1v) is 9.80. The fraction of sp³-hybridized carbons (Fsp3) is 0.0455. The Labute approximate surface area is 167 Å². The van der Waals surface area contributed by atoms with Crippen LogP contribution in [0.2, 0.25) is 0 Å². The molecule has 0 saturated carbocycles. The zero-order valence-electron chi connectivity index (χ0n) is 15.0. The van der Waals surface area contributed by atoms with Gasteiger partial charge in [0.25, 0.3) is 5.91 Å². The van der Waals surface area contributed by atoms with E-state index in [4.69, 9.17) is 0 Å². The summed E-state index contributed by atoms with van der Waals surface area (Å²) in [6.45, 7) is 0. The van der Waals surface area contributed by atoms with E-state index in [0.29, 0.717) is 5.56 Å². The van der Waals surface area contributed by atoms with Gasteiger partial charge < -0.3 is 5.32 Å². The van der Waals surface area contributed by atoms with Gasteiger partial charge in [-0.25, -0.2) is 4.68 Å². The van der Waals surface area contributed by atoms with Crippen molar-refractivity contribution in [2.45, 2.75) is 10.6 Å². The van der Waals surface area contributed by atoms with Crippen molar-refractivity contribution in [3.05, 3.63) is 103 Å². The van der Waals surface area contributed by atoms with Crippen LogP contribution < -0.4 is 5.32 Å². The van der Waals surface area contributed by atoms with Gasteiger partial charge in [0, 0.05) is 34.9 Å². The van der Waals surface area contributed by atoms with E-state index in [0.717, 1.165) is 22.0 Å². The third-order valence-corrected chi connectivity index (χ3v) is 5.19. The predicted octanol–water partition coefficient (Wildman–Crippen LogP) is 4.81. The van der Waals surface area contributed by atoms with Crippen LogP contribution in [-0.4, -0.2) is 20.7 Å². The quantitative estimate of drug-likeness (QED) is 0.483. The van der Waals surface area contributed by atoms with Crippen LogP contribution in [0.5, 0.6) is 0 Å². The Bertz CT molecular complexity index is 1050. The molecular weight excluding hydrogens is 368 g/mol. The Morgan fingerprint density at radius 2 is 1.79 bits per heavy atom. The highest BCUT2D eigenvalue weighted by molar-refractivity contribution is 7.98. The molecule has 2 aromatic carbocycles. The lowest BCUT2D eigenvalue weighted by molar-refractivity contribution is 0.102. The van der Waals surface area contributed by atoms with Crippen LogP contribution in [0.1, 0.15) is 15.9 Å². The smallest absolute Gasteiger partial charge is 0.258 e. The van der Waals surface area contributed by atoms with E-state index >= 15 is 0 Å². The minimum atomic E-state index is -0.182. The van der Waals surface area contributed by atoms with Gasteiger partial charge in [-0.15, -0.1) is 11.8 Å². The average molecular weight is 386 g/mol.